The molecule has 0 aliphatic carbocycles. The molecule has 1 atom stereocenters. The third kappa shape index (κ3) is 6.61. The predicted octanol–water partition coefficient (Wildman–Crippen LogP) is 7.73. The van der Waals surface area contributed by atoms with Gasteiger partial charge in [-0.1, -0.05) is 65.7 Å². The number of nitrogens with one attached hydrogen (secondary N) is 2. The number of ether oxygens (including phenoxy) is 1. The molecule has 2 N–H and O–H groups in total. The Morgan fingerprint density at radius 3 is 2.39 bits per heavy atom. The van der Waals surface area contributed by atoms with E-state index in [0.29, 0.717) is 32.7 Å². The van der Waals surface area contributed by atoms with Crippen molar-refractivity contribution >= 4 is 58.2 Å². The van der Waals surface area contributed by atoms with Crippen molar-refractivity contribution in [2.45, 2.75) is 10.1 Å². The molecule has 36 heavy (non-hydrogen) atoms. The second kappa shape index (κ2) is 12.0. The summed E-state index contributed by atoms with van der Waals surface area (Å²) in [5, 5.41) is 6.08. The lowest BCUT2D eigenvalue weighted by atomic mass is 10.1. The number of hydrogen-bond donors (Lipinski definition) is 2. The second-order valence-electron chi connectivity index (χ2n) is 7.74. The summed E-state index contributed by atoms with van der Waals surface area (Å²) in [6.07, 6.45) is 0. The van der Waals surface area contributed by atoms with Gasteiger partial charge in [0.05, 0.1) is 17.8 Å². The van der Waals surface area contributed by atoms with Gasteiger partial charge in [0.1, 0.15) is 11.0 Å². The Labute approximate surface area is 223 Å². The van der Waals surface area contributed by atoms with Crippen LogP contribution >= 0.6 is 35.0 Å². The SMILES string of the molecule is COc1cccc(C(=O)Nc2cccc(SC(C(=O)Nc3cc(Cl)ccc3Cl)c3ccccc3)c2)c1. The zero-order chi connectivity index (χ0) is 25.5. The topological polar surface area (TPSA) is 67.4 Å². The molecule has 1 unspecified atom stereocenters. The second-order valence-corrected chi connectivity index (χ2v) is 9.76. The highest BCUT2D eigenvalue weighted by Crippen LogP contribution is 2.38. The standard InChI is InChI=1S/C28H22Cl2N2O3S/c1-35-22-11-5-9-19(15-22)27(33)31-21-10-6-12-23(17-21)36-26(18-7-3-2-4-8-18)28(34)32-25-16-20(29)13-14-24(25)30/h2-17,26H,1H3,(H,31,33)(H,32,34). The van der Waals surface area contributed by atoms with Crippen LogP contribution in [-0.4, -0.2) is 18.9 Å². The molecule has 4 aromatic carbocycles. The van der Waals surface area contributed by atoms with Crippen LogP contribution in [0.15, 0.2) is 102 Å². The van der Waals surface area contributed by atoms with Gasteiger partial charge in [-0.15, -0.1) is 11.8 Å². The van der Waals surface area contributed by atoms with Crippen LogP contribution in [0.2, 0.25) is 10.0 Å². The Kier molecular flexibility index (Phi) is 8.54. The number of anilines is 2. The summed E-state index contributed by atoms with van der Waals surface area (Å²) in [5.41, 5.74) is 2.35. The van der Waals surface area contributed by atoms with Crippen LogP contribution in [0.1, 0.15) is 21.2 Å². The monoisotopic (exact) mass is 536 g/mol. The van der Waals surface area contributed by atoms with E-state index in [0.717, 1.165) is 10.5 Å². The van der Waals surface area contributed by atoms with E-state index in [1.165, 1.54) is 11.8 Å². The number of carbonyl (C=O) groups excluding carboxylic acids is 2. The molecule has 0 aliphatic rings. The third-order valence-electron chi connectivity index (χ3n) is 5.20. The maximum atomic E-state index is 13.4. The number of hydrogen-bond acceptors (Lipinski definition) is 4. The molecule has 8 heteroatoms. The highest BCUT2D eigenvalue weighted by molar-refractivity contribution is 8.00. The minimum atomic E-state index is -0.578. The van der Waals surface area contributed by atoms with Gasteiger partial charge in [-0.2, -0.15) is 0 Å². The first-order chi connectivity index (χ1) is 17.4. The van der Waals surface area contributed by atoms with Crippen LogP contribution in [0.25, 0.3) is 0 Å². The molecule has 0 saturated carbocycles. The number of amides is 2. The predicted molar refractivity (Wildman–Crippen MR) is 148 cm³/mol. The van der Waals surface area contributed by atoms with E-state index in [2.05, 4.69) is 10.6 Å². The number of benzene rings is 4. The summed E-state index contributed by atoms with van der Waals surface area (Å²) in [4.78, 5) is 26.9. The number of halogens is 2. The van der Waals surface area contributed by atoms with Crippen molar-refractivity contribution < 1.29 is 14.3 Å². The van der Waals surface area contributed by atoms with E-state index in [1.54, 1.807) is 55.6 Å². The first-order valence-corrected chi connectivity index (χ1v) is 12.6. The minimum Gasteiger partial charge on any atom is -0.497 e. The van der Waals surface area contributed by atoms with Crippen LogP contribution in [0.4, 0.5) is 11.4 Å². The Morgan fingerprint density at radius 1 is 0.833 bits per heavy atom. The Bertz CT molecular complexity index is 1380. The van der Waals surface area contributed by atoms with Crippen molar-refractivity contribution in [2.75, 3.05) is 17.7 Å². The Balaban J connectivity index is 1.55. The fraction of sp³-hybridized carbons (Fsp3) is 0.0714. The zero-order valence-corrected chi connectivity index (χ0v) is 21.5. The number of methoxy groups -OCH3 is 1. The van der Waals surface area contributed by atoms with Crippen molar-refractivity contribution in [3.63, 3.8) is 0 Å². The van der Waals surface area contributed by atoms with Crippen molar-refractivity contribution in [2.24, 2.45) is 0 Å². The van der Waals surface area contributed by atoms with Crippen molar-refractivity contribution in [1.82, 2.24) is 0 Å². The van der Waals surface area contributed by atoms with Gasteiger partial charge in [0.15, 0.2) is 0 Å². The molecular weight excluding hydrogens is 515 g/mol. The molecule has 0 heterocycles. The number of thioether (sulfide) groups is 1. The highest BCUT2D eigenvalue weighted by Gasteiger charge is 2.23. The van der Waals surface area contributed by atoms with E-state index >= 15 is 0 Å². The Hall–Kier alpha value is -3.45. The van der Waals surface area contributed by atoms with Crippen LogP contribution in [-0.2, 0) is 4.79 Å². The molecule has 5 nitrogen and oxygen atoms in total. The lowest BCUT2D eigenvalue weighted by Gasteiger charge is -2.18. The third-order valence-corrected chi connectivity index (χ3v) is 7.02. The van der Waals surface area contributed by atoms with Gasteiger partial charge in [0, 0.05) is 21.2 Å². The van der Waals surface area contributed by atoms with Crippen molar-refractivity contribution in [3.05, 3.63) is 118 Å². The number of rotatable bonds is 8. The molecule has 2 amide bonds. The van der Waals surface area contributed by atoms with E-state index < -0.39 is 5.25 Å². The zero-order valence-electron chi connectivity index (χ0n) is 19.2. The van der Waals surface area contributed by atoms with Gasteiger partial charge >= 0.3 is 0 Å². The molecule has 0 aromatic heterocycles. The van der Waals surface area contributed by atoms with Gasteiger partial charge in [-0.05, 0) is 60.2 Å². The molecule has 0 fully saturated rings. The summed E-state index contributed by atoms with van der Waals surface area (Å²) in [5.74, 6) is 0.0914. The summed E-state index contributed by atoms with van der Waals surface area (Å²) >= 11 is 13.7. The van der Waals surface area contributed by atoms with Crippen LogP contribution in [0.5, 0.6) is 5.75 Å². The number of carbonyl (C=O) groups is 2. The summed E-state index contributed by atoms with van der Waals surface area (Å²) in [6, 6.07) is 28.6. The summed E-state index contributed by atoms with van der Waals surface area (Å²) < 4.78 is 5.20. The van der Waals surface area contributed by atoms with Gasteiger partial charge in [-0.3, -0.25) is 9.59 Å². The smallest absolute Gasteiger partial charge is 0.255 e. The lowest BCUT2D eigenvalue weighted by Crippen LogP contribution is -2.19. The van der Waals surface area contributed by atoms with Gasteiger partial charge in [0.2, 0.25) is 5.91 Å². The van der Waals surface area contributed by atoms with Crippen LogP contribution < -0.4 is 15.4 Å². The maximum absolute atomic E-state index is 13.4. The van der Waals surface area contributed by atoms with Crippen LogP contribution in [0.3, 0.4) is 0 Å². The minimum absolute atomic E-state index is 0.249. The fourth-order valence-electron chi connectivity index (χ4n) is 3.44. The average Bonchev–Trinajstić information content (AvgIpc) is 2.90. The van der Waals surface area contributed by atoms with Gasteiger partial charge < -0.3 is 15.4 Å². The highest BCUT2D eigenvalue weighted by atomic mass is 35.5. The first-order valence-electron chi connectivity index (χ1n) is 11.0. The Morgan fingerprint density at radius 2 is 1.61 bits per heavy atom. The van der Waals surface area contributed by atoms with Gasteiger partial charge in [0.25, 0.3) is 5.91 Å². The van der Waals surface area contributed by atoms with E-state index in [1.807, 2.05) is 48.5 Å². The van der Waals surface area contributed by atoms with Crippen molar-refractivity contribution in [1.29, 1.82) is 0 Å². The molecule has 0 aliphatic heterocycles. The first kappa shape index (κ1) is 25.6. The molecule has 0 saturated heterocycles. The molecule has 4 rings (SSSR count). The molecule has 0 bridgehead atoms. The molecular formula is C28H22Cl2N2O3S. The summed E-state index contributed by atoms with van der Waals surface area (Å²) in [6.45, 7) is 0. The van der Waals surface area contributed by atoms with E-state index in [-0.39, 0.29) is 11.8 Å². The molecule has 0 spiro atoms. The molecule has 182 valence electrons. The molecule has 4 aromatic rings. The van der Waals surface area contributed by atoms with Crippen molar-refractivity contribution in [3.8, 4) is 5.75 Å². The molecule has 0 radical (unpaired) electrons. The quantitative estimate of drug-likeness (QED) is 0.226. The lowest BCUT2D eigenvalue weighted by molar-refractivity contribution is -0.115. The van der Waals surface area contributed by atoms with E-state index in [4.69, 9.17) is 27.9 Å². The largest absolute Gasteiger partial charge is 0.497 e. The van der Waals surface area contributed by atoms with Crippen LogP contribution in [0, 0.1) is 0 Å². The van der Waals surface area contributed by atoms with Gasteiger partial charge in [-0.25, -0.2) is 0 Å². The average molecular weight is 537 g/mol. The summed E-state index contributed by atoms with van der Waals surface area (Å²) in [7, 11) is 1.55. The van der Waals surface area contributed by atoms with E-state index in [9.17, 15) is 9.59 Å². The maximum Gasteiger partial charge on any atom is 0.255 e. The fourth-order valence-corrected chi connectivity index (χ4v) is 4.86. The normalized spacial score (nSPS) is 11.4.